The molecule has 0 aliphatic carbocycles. The summed E-state index contributed by atoms with van der Waals surface area (Å²) in [5.74, 6) is 1.13. The summed E-state index contributed by atoms with van der Waals surface area (Å²) in [6, 6.07) is 7.07. The largest absolute Gasteiger partial charge is 0.337 e. The molecule has 2 aromatic heterocycles. The predicted molar refractivity (Wildman–Crippen MR) is 71.3 cm³/mol. The van der Waals surface area contributed by atoms with Crippen LogP contribution in [0.3, 0.4) is 0 Å². The standard InChI is InChI=1S/C13H13N5O2/c1-8(2)12-14-11(20-16-12)7-18-13(19)9-5-3-4-6-10(9)15-17-18/h3-6,8H,7H2,1-2H3. The number of hydrogen-bond donors (Lipinski definition) is 0. The van der Waals surface area contributed by atoms with Crippen LogP contribution >= 0.6 is 0 Å². The molecule has 7 nitrogen and oxygen atoms in total. The van der Waals surface area contributed by atoms with E-state index in [-0.39, 0.29) is 18.0 Å². The first-order chi connectivity index (χ1) is 9.65. The second-order valence-corrected chi connectivity index (χ2v) is 4.77. The lowest BCUT2D eigenvalue weighted by Gasteiger charge is -2.01. The monoisotopic (exact) mass is 271 g/mol. The lowest BCUT2D eigenvalue weighted by Crippen LogP contribution is -2.24. The van der Waals surface area contributed by atoms with Crippen molar-refractivity contribution in [3.05, 3.63) is 46.3 Å². The van der Waals surface area contributed by atoms with E-state index >= 15 is 0 Å². The minimum absolute atomic E-state index is 0.121. The first-order valence-electron chi connectivity index (χ1n) is 6.30. The van der Waals surface area contributed by atoms with Gasteiger partial charge in [0.1, 0.15) is 12.1 Å². The van der Waals surface area contributed by atoms with E-state index in [0.717, 1.165) is 0 Å². The minimum Gasteiger partial charge on any atom is -0.337 e. The van der Waals surface area contributed by atoms with Crippen molar-refractivity contribution in [1.29, 1.82) is 0 Å². The highest BCUT2D eigenvalue weighted by Crippen LogP contribution is 2.10. The van der Waals surface area contributed by atoms with Gasteiger partial charge in [-0.25, -0.2) is 4.68 Å². The molecular formula is C13H13N5O2. The third-order valence-electron chi connectivity index (χ3n) is 2.91. The van der Waals surface area contributed by atoms with Crippen LogP contribution in [0.1, 0.15) is 31.5 Å². The molecule has 20 heavy (non-hydrogen) atoms. The Balaban J connectivity index is 1.98. The summed E-state index contributed by atoms with van der Waals surface area (Å²) in [6.07, 6.45) is 0. The molecule has 0 saturated carbocycles. The molecule has 0 fully saturated rings. The van der Waals surface area contributed by atoms with E-state index in [9.17, 15) is 4.79 Å². The van der Waals surface area contributed by atoms with Crippen LogP contribution in [0.5, 0.6) is 0 Å². The maximum absolute atomic E-state index is 12.2. The van der Waals surface area contributed by atoms with Crippen LogP contribution in [0.15, 0.2) is 33.6 Å². The summed E-state index contributed by atoms with van der Waals surface area (Å²) >= 11 is 0. The van der Waals surface area contributed by atoms with Gasteiger partial charge in [-0.3, -0.25) is 4.79 Å². The average molecular weight is 271 g/mol. The van der Waals surface area contributed by atoms with Crippen molar-refractivity contribution in [3.8, 4) is 0 Å². The molecule has 0 aliphatic rings. The summed E-state index contributed by atoms with van der Waals surface area (Å²) < 4.78 is 6.33. The Morgan fingerprint density at radius 2 is 2.10 bits per heavy atom. The van der Waals surface area contributed by atoms with Gasteiger partial charge in [0, 0.05) is 5.92 Å². The smallest absolute Gasteiger partial charge is 0.278 e. The van der Waals surface area contributed by atoms with E-state index in [0.29, 0.717) is 22.6 Å². The fourth-order valence-corrected chi connectivity index (χ4v) is 1.82. The summed E-state index contributed by atoms with van der Waals surface area (Å²) in [4.78, 5) is 16.5. The molecule has 0 radical (unpaired) electrons. The van der Waals surface area contributed by atoms with Gasteiger partial charge in [0.15, 0.2) is 5.82 Å². The fourth-order valence-electron chi connectivity index (χ4n) is 1.82. The lowest BCUT2D eigenvalue weighted by molar-refractivity contribution is 0.355. The molecule has 0 bridgehead atoms. The van der Waals surface area contributed by atoms with Gasteiger partial charge < -0.3 is 4.52 Å². The van der Waals surface area contributed by atoms with Crippen LogP contribution in [0.4, 0.5) is 0 Å². The summed E-state index contributed by atoms with van der Waals surface area (Å²) in [5, 5.41) is 12.3. The first kappa shape index (κ1) is 12.5. The quantitative estimate of drug-likeness (QED) is 0.714. The Morgan fingerprint density at radius 3 is 2.85 bits per heavy atom. The molecule has 0 spiro atoms. The van der Waals surface area contributed by atoms with Crippen LogP contribution < -0.4 is 5.56 Å². The van der Waals surface area contributed by atoms with Gasteiger partial charge in [0.05, 0.1) is 5.39 Å². The third-order valence-corrected chi connectivity index (χ3v) is 2.91. The molecule has 102 valence electrons. The number of aromatic nitrogens is 5. The second kappa shape index (κ2) is 4.84. The molecule has 0 unspecified atom stereocenters. The molecule has 2 heterocycles. The molecule has 3 aromatic rings. The van der Waals surface area contributed by atoms with Gasteiger partial charge in [-0.05, 0) is 12.1 Å². The summed E-state index contributed by atoms with van der Waals surface area (Å²) in [7, 11) is 0. The zero-order chi connectivity index (χ0) is 14.1. The zero-order valence-corrected chi connectivity index (χ0v) is 11.1. The van der Waals surface area contributed by atoms with E-state index < -0.39 is 0 Å². The Bertz CT molecular complexity index is 806. The van der Waals surface area contributed by atoms with Crippen molar-refractivity contribution in [2.75, 3.05) is 0 Å². The number of nitrogens with zero attached hydrogens (tertiary/aromatic N) is 5. The molecule has 0 N–H and O–H groups in total. The van der Waals surface area contributed by atoms with Crippen molar-refractivity contribution >= 4 is 10.9 Å². The van der Waals surface area contributed by atoms with Crippen LogP contribution in [0.2, 0.25) is 0 Å². The Labute approximate surface area is 114 Å². The SMILES string of the molecule is CC(C)c1noc(Cn2nnc3ccccc3c2=O)n1. The zero-order valence-electron chi connectivity index (χ0n) is 11.1. The maximum Gasteiger partial charge on any atom is 0.278 e. The Kier molecular flexibility index (Phi) is 3.02. The van der Waals surface area contributed by atoms with Crippen LogP contribution in [0.25, 0.3) is 10.9 Å². The predicted octanol–water partition coefficient (Wildman–Crippen LogP) is 1.35. The van der Waals surface area contributed by atoms with Crippen molar-refractivity contribution < 1.29 is 4.52 Å². The van der Waals surface area contributed by atoms with E-state index in [4.69, 9.17) is 4.52 Å². The van der Waals surface area contributed by atoms with Crippen molar-refractivity contribution in [2.24, 2.45) is 0 Å². The third kappa shape index (κ3) is 2.18. The highest BCUT2D eigenvalue weighted by atomic mass is 16.5. The van der Waals surface area contributed by atoms with Crippen LogP contribution in [-0.2, 0) is 6.54 Å². The Hall–Kier alpha value is -2.57. The van der Waals surface area contributed by atoms with Gasteiger partial charge in [-0.15, -0.1) is 5.10 Å². The van der Waals surface area contributed by atoms with Gasteiger partial charge >= 0.3 is 0 Å². The normalized spacial score (nSPS) is 11.3. The van der Waals surface area contributed by atoms with Crippen molar-refractivity contribution in [2.45, 2.75) is 26.3 Å². The highest BCUT2D eigenvalue weighted by Gasteiger charge is 2.12. The average Bonchev–Trinajstić information content (AvgIpc) is 2.91. The molecule has 0 aliphatic heterocycles. The number of fused-ring (bicyclic) bond motifs is 1. The van der Waals surface area contributed by atoms with Crippen LogP contribution in [0, 0.1) is 0 Å². The minimum atomic E-state index is -0.222. The first-order valence-corrected chi connectivity index (χ1v) is 6.30. The van der Waals surface area contributed by atoms with E-state index in [2.05, 4.69) is 20.5 Å². The maximum atomic E-state index is 12.2. The summed E-state index contributed by atoms with van der Waals surface area (Å²) in [6.45, 7) is 4.06. The number of hydrogen-bond acceptors (Lipinski definition) is 6. The van der Waals surface area contributed by atoms with Crippen LogP contribution in [-0.4, -0.2) is 25.1 Å². The van der Waals surface area contributed by atoms with E-state index in [1.54, 1.807) is 18.2 Å². The van der Waals surface area contributed by atoms with Gasteiger partial charge in [-0.2, -0.15) is 4.98 Å². The number of benzene rings is 1. The molecule has 0 saturated heterocycles. The van der Waals surface area contributed by atoms with Crippen molar-refractivity contribution in [3.63, 3.8) is 0 Å². The van der Waals surface area contributed by atoms with Gasteiger partial charge in [-0.1, -0.05) is 36.4 Å². The molecule has 3 rings (SSSR count). The van der Waals surface area contributed by atoms with Gasteiger partial charge in [0.25, 0.3) is 5.56 Å². The molecule has 1 aromatic carbocycles. The molecular weight excluding hydrogens is 258 g/mol. The van der Waals surface area contributed by atoms with E-state index in [1.165, 1.54) is 4.68 Å². The van der Waals surface area contributed by atoms with Crippen molar-refractivity contribution in [1.82, 2.24) is 25.1 Å². The lowest BCUT2D eigenvalue weighted by atomic mass is 10.2. The number of rotatable bonds is 3. The second-order valence-electron chi connectivity index (χ2n) is 4.77. The fraction of sp³-hybridized carbons (Fsp3) is 0.308. The summed E-state index contributed by atoms with van der Waals surface area (Å²) in [5.41, 5.74) is 0.349. The van der Waals surface area contributed by atoms with Gasteiger partial charge in [0.2, 0.25) is 5.89 Å². The van der Waals surface area contributed by atoms with E-state index in [1.807, 2.05) is 19.9 Å². The molecule has 0 amide bonds. The Morgan fingerprint density at radius 1 is 1.30 bits per heavy atom. The molecule has 0 atom stereocenters. The topological polar surface area (TPSA) is 86.7 Å². The molecule has 7 heteroatoms. The highest BCUT2D eigenvalue weighted by molar-refractivity contribution is 5.76.